The second kappa shape index (κ2) is 8.98. The number of nitrogens with zero attached hydrogens (tertiary/aromatic N) is 1. The van der Waals surface area contributed by atoms with Crippen LogP contribution >= 0.6 is 11.8 Å². The predicted octanol–water partition coefficient (Wildman–Crippen LogP) is 4.48. The third kappa shape index (κ3) is 3.96. The van der Waals surface area contributed by atoms with Crippen molar-refractivity contribution in [3.8, 4) is 11.5 Å². The number of carbonyl (C=O) groups is 1. The van der Waals surface area contributed by atoms with Crippen molar-refractivity contribution in [2.45, 2.75) is 36.1 Å². The molecule has 2 aromatic carbocycles. The fraction of sp³-hybridized carbons (Fsp3) is 0.240. The summed E-state index contributed by atoms with van der Waals surface area (Å²) in [6, 6.07) is 11.3. The largest absolute Gasteiger partial charge is 0.504 e. The number of hydrogen-bond donors (Lipinski definition) is 3. The Kier molecular flexibility index (Phi) is 5.87. The van der Waals surface area contributed by atoms with Crippen LogP contribution in [0.1, 0.15) is 41.9 Å². The highest BCUT2D eigenvalue weighted by Crippen LogP contribution is 2.45. The molecule has 1 aliphatic carbocycles. The van der Waals surface area contributed by atoms with Crippen molar-refractivity contribution in [2.24, 2.45) is 0 Å². The van der Waals surface area contributed by atoms with Crippen LogP contribution < -0.4 is 15.6 Å². The van der Waals surface area contributed by atoms with Gasteiger partial charge in [0.05, 0.1) is 12.7 Å². The molecular formula is C25H22FN3O4S. The van der Waals surface area contributed by atoms with Crippen molar-refractivity contribution in [3.05, 3.63) is 86.6 Å². The minimum Gasteiger partial charge on any atom is -0.504 e. The number of rotatable bonds is 5. The SMILES string of the molecule is COc1cc([C@@H]2C3=C(CCCC3=O)Nc3nc(SCc4ccccc4F)[nH]c(=O)c32)ccc1O. The number of methoxy groups -OCH3 is 1. The van der Waals surface area contributed by atoms with Gasteiger partial charge in [-0.25, -0.2) is 9.37 Å². The molecule has 0 saturated heterocycles. The van der Waals surface area contributed by atoms with Gasteiger partial charge in [0.2, 0.25) is 0 Å². The van der Waals surface area contributed by atoms with Gasteiger partial charge in [-0.2, -0.15) is 0 Å². The number of nitrogens with one attached hydrogen (secondary N) is 2. The first-order valence-electron chi connectivity index (χ1n) is 10.9. The summed E-state index contributed by atoms with van der Waals surface area (Å²) in [7, 11) is 1.44. The molecule has 1 atom stereocenters. The van der Waals surface area contributed by atoms with Crippen LogP contribution in [-0.2, 0) is 10.5 Å². The maximum Gasteiger partial charge on any atom is 0.257 e. The monoisotopic (exact) mass is 479 g/mol. The smallest absolute Gasteiger partial charge is 0.257 e. The first-order chi connectivity index (χ1) is 16.5. The first kappa shape index (κ1) is 22.2. The summed E-state index contributed by atoms with van der Waals surface area (Å²) < 4.78 is 19.3. The summed E-state index contributed by atoms with van der Waals surface area (Å²) >= 11 is 1.23. The van der Waals surface area contributed by atoms with Crippen LogP contribution in [0.15, 0.2) is 63.7 Å². The molecular weight excluding hydrogens is 457 g/mol. The van der Waals surface area contributed by atoms with E-state index < -0.39 is 5.92 Å². The van der Waals surface area contributed by atoms with Crippen molar-refractivity contribution >= 4 is 23.4 Å². The Morgan fingerprint density at radius 3 is 2.82 bits per heavy atom. The maximum atomic E-state index is 14.0. The van der Waals surface area contributed by atoms with Gasteiger partial charge in [0.25, 0.3) is 5.56 Å². The van der Waals surface area contributed by atoms with Crippen molar-refractivity contribution < 1.29 is 19.0 Å². The summed E-state index contributed by atoms with van der Waals surface area (Å²) in [5.74, 6) is -0.0693. The Balaban J connectivity index is 1.59. The molecule has 2 heterocycles. The van der Waals surface area contributed by atoms with Crippen molar-refractivity contribution in [2.75, 3.05) is 12.4 Å². The highest BCUT2D eigenvalue weighted by molar-refractivity contribution is 7.98. The van der Waals surface area contributed by atoms with Gasteiger partial charge in [-0.1, -0.05) is 36.0 Å². The number of benzene rings is 2. The van der Waals surface area contributed by atoms with Gasteiger partial charge in [0.1, 0.15) is 11.6 Å². The fourth-order valence-corrected chi connectivity index (χ4v) is 5.32. The number of fused-ring (bicyclic) bond motifs is 1. The van der Waals surface area contributed by atoms with Gasteiger partial charge in [0.15, 0.2) is 22.4 Å². The Labute approximate surface area is 199 Å². The van der Waals surface area contributed by atoms with Crippen molar-refractivity contribution in [1.29, 1.82) is 0 Å². The second-order valence-electron chi connectivity index (χ2n) is 8.17. The molecule has 34 heavy (non-hydrogen) atoms. The Hall–Kier alpha value is -3.59. The van der Waals surface area contributed by atoms with E-state index in [9.17, 15) is 19.1 Å². The number of aromatic amines is 1. The number of aromatic hydroxyl groups is 1. The molecule has 174 valence electrons. The average Bonchev–Trinajstić information content (AvgIpc) is 2.83. The lowest BCUT2D eigenvalue weighted by Crippen LogP contribution is -2.32. The molecule has 1 aliphatic heterocycles. The normalized spacial score (nSPS) is 17.1. The highest BCUT2D eigenvalue weighted by atomic mass is 32.2. The highest BCUT2D eigenvalue weighted by Gasteiger charge is 2.38. The number of thioether (sulfide) groups is 1. The molecule has 5 rings (SSSR count). The molecule has 0 fully saturated rings. The molecule has 9 heteroatoms. The van der Waals surface area contributed by atoms with Crippen LogP contribution in [0.2, 0.25) is 0 Å². The lowest BCUT2D eigenvalue weighted by molar-refractivity contribution is -0.116. The van der Waals surface area contributed by atoms with E-state index in [4.69, 9.17) is 4.74 Å². The summed E-state index contributed by atoms with van der Waals surface area (Å²) in [5, 5.41) is 13.6. The number of aromatic nitrogens is 2. The minimum atomic E-state index is -0.643. The molecule has 2 aliphatic rings. The number of halogens is 1. The third-order valence-corrected chi connectivity index (χ3v) is 7.02. The number of hydrogen-bond acceptors (Lipinski definition) is 7. The number of phenols is 1. The van der Waals surface area contributed by atoms with Gasteiger partial charge in [-0.05, 0) is 42.2 Å². The number of ketones is 1. The first-order valence-corrected chi connectivity index (χ1v) is 11.9. The number of ether oxygens (including phenoxy) is 1. The van der Waals surface area contributed by atoms with E-state index >= 15 is 0 Å². The number of allylic oxidation sites excluding steroid dienone is 2. The van der Waals surface area contributed by atoms with Crippen LogP contribution in [-0.4, -0.2) is 28.0 Å². The molecule has 3 aromatic rings. The standard InChI is InChI=1S/C25H22FN3O4S/c1-33-19-11-13(9-10-17(19)30)20-21-16(7-4-8-18(21)31)27-23-22(20)24(32)29-25(28-23)34-12-14-5-2-3-6-15(14)26/h2-3,5-6,9-11,20,30H,4,7-8,12H2,1H3,(H2,27,28,29,32)/t20-/m1/s1. The Morgan fingerprint density at radius 2 is 2.03 bits per heavy atom. The van der Waals surface area contributed by atoms with Crippen molar-refractivity contribution in [3.63, 3.8) is 0 Å². The van der Waals surface area contributed by atoms with Gasteiger partial charge in [0, 0.05) is 29.4 Å². The van der Waals surface area contributed by atoms with E-state index in [1.165, 1.54) is 31.0 Å². The zero-order valence-corrected chi connectivity index (χ0v) is 19.2. The maximum absolute atomic E-state index is 14.0. The van der Waals surface area contributed by atoms with E-state index in [1.807, 2.05) is 0 Å². The van der Waals surface area contributed by atoms with E-state index in [0.717, 1.165) is 5.70 Å². The van der Waals surface area contributed by atoms with Crippen LogP contribution in [0.4, 0.5) is 10.2 Å². The molecule has 3 N–H and O–H groups in total. The van der Waals surface area contributed by atoms with E-state index in [1.54, 1.807) is 30.3 Å². The second-order valence-corrected chi connectivity index (χ2v) is 9.14. The molecule has 0 spiro atoms. The van der Waals surface area contributed by atoms with Gasteiger partial charge in [-0.15, -0.1) is 0 Å². The number of carbonyl (C=O) groups excluding carboxylic acids is 1. The quantitative estimate of drug-likeness (QED) is 0.366. The van der Waals surface area contributed by atoms with E-state index in [-0.39, 0.29) is 28.7 Å². The van der Waals surface area contributed by atoms with Crippen LogP contribution in [0, 0.1) is 5.82 Å². The topological polar surface area (TPSA) is 104 Å². The van der Waals surface area contributed by atoms with Crippen LogP contribution in [0.25, 0.3) is 0 Å². The number of anilines is 1. The summed E-state index contributed by atoms with van der Waals surface area (Å²) in [6.07, 6.45) is 1.78. The van der Waals surface area contributed by atoms with E-state index in [0.29, 0.717) is 58.3 Å². The van der Waals surface area contributed by atoms with Crippen molar-refractivity contribution in [1.82, 2.24) is 9.97 Å². The third-order valence-electron chi connectivity index (χ3n) is 6.10. The zero-order valence-electron chi connectivity index (χ0n) is 18.4. The fourth-order valence-electron chi connectivity index (χ4n) is 4.48. The van der Waals surface area contributed by atoms with Crippen LogP contribution in [0.3, 0.4) is 0 Å². The van der Waals surface area contributed by atoms with Gasteiger partial charge < -0.3 is 20.1 Å². The summed E-state index contributed by atoms with van der Waals surface area (Å²) in [6.45, 7) is 0. The molecule has 0 amide bonds. The molecule has 0 radical (unpaired) electrons. The van der Waals surface area contributed by atoms with Gasteiger partial charge in [-0.3, -0.25) is 9.59 Å². The number of Topliss-reactive ketones (excluding diaryl/α,β-unsaturated/α-hetero) is 1. The minimum absolute atomic E-state index is 0.0196. The van der Waals surface area contributed by atoms with Crippen LogP contribution in [0.5, 0.6) is 11.5 Å². The molecule has 0 bridgehead atoms. The lowest BCUT2D eigenvalue weighted by atomic mass is 9.76. The molecule has 1 aromatic heterocycles. The van der Waals surface area contributed by atoms with Gasteiger partial charge >= 0.3 is 0 Å². The molecule has 7 nitrogen and oxygen atoms in total. The Bertz CT molecular complexity index is 1380. The predicted molar refractivity (Wildman–Crippen MR) is 127 cm³/mol. The van der Waals surface area contributed by atoms with E-state index in [2.05, 4.69) is 15.3 Å². The Morgan fingerprint density at radius 1 is 1.21 bits per heavy atom. The lowest BCUT2D eigenvalue weighted by Gasteiger charge is -2.33. The molecule has 0 saturated carbocycles. The number of H-pyrrole nitrogens is 1. The molecule has 0 unspecified atom stereocenters. The number of phenolic OH excluding ortho intramolecular Hbond substituents is 1. The summed E-state index contributed by atoms with van der Waals surface area (Å²) in [5.41, 5.74) is 2.42. The average molecular weight is 480 g/mol. The summed E-state index contributed by atoms with van der Waals surface area (Å²) in [4.78, 5) is 33.7. The zero-order chi connectivity index (χ0) is 23.8.